The van der Waals surface area contributed by atoms with E-state index in [0.29, 0.717) is 13.2 Å². The lowest BCUT2D eigenvalue weighted by molar-refractivity contribution is -0.0443. The molecule has 0 amide bonds. The summed E-state index contributed by atoms with van der Waals surface area (Å²) in [7, 11) is -4.13. The monoisotopic (exact) mass is 664 g/mol. The molecule has 5 nitrogen and oxygen atoms in total. The average Bonchev–Trinajstić information content (AvgIpc) is 2.92. The molecule has 7 heteroatoms. The van der Waals surface area contributed by atoms with Crippen LogP contribution in [0.15, 0.2) is 42.0 Å². The van der Waals surface area contributed by atoms with Gasteiger partial charge in [-0.2, -0.15) is 0 Å². The van der Waals surface area contributed by atoms with Crippen LogP contribution in [0.4, 0.5) is 0 Å². The standard InChI is InChI=1S/C38H72O5Si2/c1-27(22-28(2)35(30(4)24-39)42-44(13,14)37(7,8)9)23-29(3)36(43-45(15,16)38(10,11)12)32(6)34(40)31(5)25-41-26-33-20-18-17-19-21-33/h17-22,28-32,34-36,39-40H,23-26H2,1-16H3/t28-,29-,30-,31-,32+,34-,35+,36+/m0/s1. The van der Waals surface area contributed by atoms with Gasteiger partial charge in [0.05, 0.1) is 31.5 Å². The predicted octanol–water partition coefficient (Wildman–Crippen LogP) is 9.85. The highest BCUT2D eigenvalue weighted by atomic mass is 28.4. The molecule has 0 unspecified atom stereocenters. The molecule has 262 valence electrons. The maximum absolute atomic E-state index is 11.6. The zero-order valence-electron chi connectivity index (χ0n) is 32.0. The van der Waals surface area contributed by atoms with E-state index in [1.54, 1.807) is 0 Å². The Morgan fingerprint density at radius 2 is 1.27 bits per heavy atom. The highest BCUT2D eigenvalue weighted by Gasteiger charge is 2.44. The number of ether oxygens (including phenoxy) is 1. The molecule has 0 aliphatic heterocycles. The second kappa shape index (κ2) is 17.6. The van der Waals surface area contributed by atoms with Gasteiger partial charge in [0.25, 0.3) is 0 Å². The fraction of sp³-hybridized carbons (Fsp3) is 0.789. The summed E-state index contributed by atoms with van der Waals surface area (Å²) in [4.78, 5) is 0. The van der Waals surface area contributed by atoms with Gasteiger partial charge in [0.2, 0.25) is 0 Å². The van der Waals surface area contributed by atoms with Gasteiger partial charge in [0.1, 0.15) is 0 Å². The number of rotatable bonds is 18. The fourth-order valence-electron chi connectivity index (χ4n) is 5.60. The number of allylic oxidation sites excluding steroid dienone is 1. The average molecular weight is 665 g/mol. The van der Waals surface area contributed by atoms with E-state index in [1.165, 1.54) is 5.57 Å². The second-order valence-electron chi connectivity index (χ2n) is 17.2. The van der Waals surface area contributed by atoms with E-state index in [2.05, 4.69) is 127 Å². The lowest BCUT2D eigenvalue weighted by Crippen LogP contribution is -2.50. The first-order valence-electron chi connectivity index (χ1n) is 17.4. The van der Waals surface area contributed by atoms with E-state index >= 15 is 0 Å². The van der Waals surface area contributed by atoms with Crippen molar-refractivity contribution in [1.82, 2.24) is 0 Å². The third-order valence-corrected chi connectivity index (χ3v) is 19.7. The Kier molecular flexibility index (Phi) is 16.5. The van der Waals surface area contributed by atoms with Crippen LogP contribution in [0, 0.1) is 29.6 Å². The van der Waals surface area contributed by atoms with Crippen LogP contribution < -0.4 is 0 Å². The third kappa shape index (κ3) is 13.0. The van der Waals surface area contributed by atoms with Crippen LogP contribution in [-0.4, -0.2) is 58.4 Å². The summed E-state index contributed by atoms with van der Waals surface area (Å²) in [5.74, 6) is 0.341. The Morgan fingerprint density at radius 3 is 1.73 bits per heavy atom. The maximum Gasteiger partial charge on any atom is 0.192 e. The van der Waals surface area contributed by atoms with E-state index in [0.717, 1.165) is 12.0 Å². The molecular formula is C38H72O5Si2. The van der Waals surface area contributed by atoms with Gasteiger partial charge >= 0.3 is 0 Å². The van der Waals surface area contributed by atoms with Crippen molar-refractivity contribution in [3.8, 4) is 0 Å². The SMILES string of the molecule is CC(=C[C@H](C)[C@@H](O[Si](C)(C)C(C)(C)C)[C@@H](C)CO)C[C@H](C)[C@@H](O[Si](C)(C)C(C)(C)C)[C@H](C)[C@@H](O)[C@@H](C)COCc1ccccc1. The number of hydrogen-bond acceptors (Lipinski definition) is 5. The van der Waals surface area contributed by atoms with Gasteiger partial charge in [0, 0.05) is 24.4 Å². The Labute approximate surface area is 280 Å². The van der Waals surface area contributed by atoms with Gasteiger partial charge in [-0.3, -0.25) is 0 Å². The first kappa shape index (κ1) is 42.2. The fourth-order valence-corrected chi connectivity index (χ4v) is 8.57. The second-order valence-corrected chi connectivity index (χ2v) is 26.7. The Balaban J connectivity index is 3.18. The largest absolute Gasteiger partial charge is 0.413 e. The molecular weight excluding hydrogens is 593 g/mol. The Morgan fingerprint density at radius 1 is 0.778 bits per heavy atom. The third-order valence-electron chi connectivity index (χ3n) is 10.7. The summed E-state index contributed by atoms with van der Waals surface area (Å²) in [5.41, 5.74) is 2.44. The molecule has 0 heterocycles. The zero-order valence-corrected chi connectivity index (χ0v) is 34.0. The van der Waals surface area contributed by atoms with Gasteiger partial charge in [-0.05, 0) is 67.0 Å². The topological polar surface area (TPSA) is 68.2 Å². The van der Waals surface area contributed by atoms with Gasteiger partial charge in [0.15, 0.2) is 16.6 Å². The van der Waals surface area contributed by atoms with Crippen molar-refractivity contribution < 1.29 is 23.8 Å². The number of benzene rings is 1. The molecule has 0 fully saturated rings. The predicted molar refractivity (Wildman–Crippen MR) is 198 cm³/mol. The van der Waals surface area contributed by atoms with Crippen LogP contribution in [0.3, 0.4) is 0 Å². The van der Waals surface area contributed by atoms with Crippen LogP contribution in [0.5, 0.6) is 0 Å². The zero-order chi connectivity index (χ0) is 35.0. The van der Waals surface area contributed by atoms with E-state index in [1.807, 2.05) is 18.2 Å². The van der Waals surface area contributed by atoms with Crippen molar-refractivity contribution in [3.05, 3.63) is 47.5 Å². The van der Waals surface area contributed by atoms with Crippen LogP contribution in [0.25, 0.3) is 0 Å². The summed E-state index contributed by atoms with van der Waals surface area (Å²) in [6.45, 7) is 37.0. The number of aliphatic hydroxyl groups is 2. The quantitative estimate of drug-likeness (QED) is 0.121. The van der Waals surface area contributed by atoms with Gasteiger partial charge in [-0.15, -0.1) is 0 Å². The number of aliphatic hydroxyl groups excluding tert-OH is 2. The smallest absolute Gasteiger partial charge is 0.192 e. The lowest BCUT2D eigenvalue weighted by atomic mass is 9.82. The molecule has 0 bridgehead atoms. The molecule has 0 saturated carbocycles. The van der Waals surface area contributed by atoms with Gasteiger partial charge < -0.3 is 23.8 Å². The highest BCUT2D eigenvalue weighted by Crippen LogP contribution is 2.42. The molecule has 1 aromatic carbocycles. The lowest BCUT2D eigenvalue weighted by Gasteiger charge is -2.44. The van der Waals surface area contributed by atoms with Crippen molar-refractivity contribution in [2.75, 3.05) is 13.2 Å². The van der Waals surface area contributed by atoms with Crippen LogP contribution in [0.2, 0.25) is 36.3 Å². The summed E-state index contributed by atoms with van der Waals surface area (Å²) in [6.07, 6.45) is 2.55. The molecule has 0 radical (unpaired) electrons. The van der Waals surface area contributed by atoms with E-state index in [9.17, 15) is 10.2 Å². The van der Waals surface area contributed by atoms with Crippen molar-refractivity contribution >= 4 is 16.6 Å². The molecule has 0 aliphatic carbocycles. The Hall–Kier alpha value is -0.806. The first-order valence-corrected chi connectivity index (χ1v) is 23.2. The van der Waals surface area contributed by atoms with Crippen molar-refractivity contribution in [2.45, 2.75) is 151 Å². The molecule has 0 aromatic heterocycles. The summed E-state index contributed by atoms with van der Waals surface area (Å²) in [6, 6.07) is 10.2. The number of hydrogen-bond donors (Lipinski definition) is 2. The minimum atomic E-state index is -2.11. The van der Waals surface area contributed by atoms with Crippen molar-refractivity contribution in [3.63, 3.8) is 0 Å². The van der Waals surface area contributed by atoms with Crippen molar-refractivity contribution in [2.24, 2.45) is 29.6 Å². The molecule has 8 atom stereocenters. The highest BCUT2D eigenvalue weighted by molar-refractivity contribution is 6.74. The van der Waals surface area contributed by atoms with Gasteiger partial charge in [-0.25, -0.2) is 0 Å². The molecule has 2 N–H and O–H groups in total. The van der Waals surface area contributed by atoms with Crippen LogP contribution in [-0.2, 0) is 20.2 Å². The molecule has 0 saturated heterocycles. The minimum Gasteiger partial charge on any atom is -0.413 e. The minimum absolute atomic E-state index is 0.0219. The first-order chi connectivity index (χ1) is 20.4. The summed E-state index contributed by atoms with van der Waals surface area (Å²) in [5, 5.41) is 21.9. The van der Waals surface area contributed by atoms with Crippen LogP contribution in [0.1, 0.15) is 95.1 Å². The molecule has 45 heavy (non-hydrogen) atoms. The van der Waals surface area contributed by atoms with Crippen LogP contribution >= 0.6 is 0 Å². The normalized spacial score (nSPS) is 19.4. The van der Waals surface area contributed by atoms with Crippen molar-refractivity contribution in [1.29, 1.82) is 0 Å². The van der Waals surface area contributed by atoms with E-state index < -0.39 is 22.7 Å². The molecule has 1 aromatic rings. The van der Waals surface area contributed by atoms with Gasteiger partial charge in [-0.1, -0.05) is 118 Å². The van der Waals surface area contributed by atoms with E-state index in [4.69, 9.17) is 13.6 Å². The summed E-state index contributed by atoms with van der Waals surface area (Å²) < 4.78 is 20.1. The summed E-state index contributed by atoms with van der Waals surface area (Å²) >= 11 is 0. The maximum atomic E-state index is 11.6. The molecule has 0 aliphatic rings. The van der Waals surface area contributed by atoms with E-state index in [-0.39, 0.29) is 58.5 Å². The molecule has 1 rings (SSSR count). The Bertz CT molecular complexity index is 1010. The molecule has 0 spiro atoms.